The highest BCUT2D eigenvalue weighted by atomic mass is 16.5. The number of imide groups is 1. The van der Waals surface area contributed by atoms with Crippen molar-refractivity contribution < 1.29 is 23.9 Å². The quantitative estimate of drug-likeness (QED) is 0.480. The van der Waals surface area contributed by atoms with Gasteiger partial charge in [0.25, 0.3) is 5.91 Å². The number of morpholine rings is 1. The standard InChI is InChI=1S/C24H25N5O5/c1-33-20-6-4-18-14-29(23(31)21(18)12-20)15-19(27-24(32)26-16-30)5-2-17-3-7-22(25-13-17)28-8-10-34-11-9-28/h3-4,6-7,12-13,16,19H,8-11,14-15H2,1H3,(H2,26,27,30,32)/t19-/m1/s1. The molecule has 1 fully saturated rings. The second kappa shape index (κ2) is 10.7. The summed E-state index contributed by atoms with van der Waals surface area (Å²) in [4.78, 5) is 43.7. The van der Waals surface area contributed by atoms with Crippen LogP contribution in [0.15, 0.2) is 36.5 Å². The summed E-state index contributed by atoms with van der Waals surface area (Å²) in [7, 11) is 1.54. The van der Waals surface area contributed by atoms with Crippen LogP contribution in [0.2, 0.25) is 0 Å². The lowest BCUT2D eigenvalue weighted by atomic mass is 10.1. The van der Waals surface area contributed by atoms with Gasteiger partial charge in [-0.05, 0) is 29.8 Å². The topological polar surface area (TPSA) is 113 Å². The number of carbonyl (C=O) groups excluding carboxylic acids is 3. The number of pyridine rings is 1. The average Bonchev–Trinajstić information content (AvgIpc) is 3.17. The molecular formula is C24H25N5O5. The number of anilines is 1. The van der Waals surface area contributed by atoms with E-state index >= 15 is 0 Å². The van der Waals surface area contributed by atoms with Crippen LogP contribution in [0.3, 0.4) is 0 Å². The van der Waals surface area contributed by atoms with Gasteiger partial charge in [0.15, 0.2) is 0 Å². The summed E-state index contributed by atoms with van der Waals surface area (Å²) >= 11 is 0. The Bertz CT molecular complexity index is 1120. The number of amides is 4. The number of urea groups is 1. The molecule has 2 aromatic rings. The number of nitrogens with one attached hydrogen (secondary N) is 2. The second-order valence-electron chi connectivity index (χ2n) is 7.77. The van der Waals surface area contributed by atoms with E-state index in [1.54, 1.807) is 30.3 Å². The van der Waals surface area contributed by atoms with Gasteiger partial charge < -0.3 is 24.6 Å². The first kappa shape index (κ1) is 23.1. The van der Waals surface area contributed by atoms with E-state index in [9.17, 15) is 14.4 Å². The number of benzene rings is 1. The van der Waals surface area contributed by atoms with Crippen molar-refractivity contribution in [1.29, 1.82) is 0 Å². The summed E-state index contributed by atoms with van der Waals surface area (Å²) in [5, 5.41) is 4.67. The van der Waals surface area contributed by atoms with Crippen molar-refractivity contribution in [3.05, 3.63) is 53.2 Å². The second-order valence-corrected chi connectivity index (χ2v) is 7.77. The normalized spacial score (nSPS) is 15.6. The maximum Gasteiger partial charge on any atom is 0.322 e. The Kier molecular flexibility index (Phi) is 7.25. The minimum Gasteiger partial charge on any atom is -0.497 e. The van der Waals surface area contributed by atoms with E-state index in [2.05, 4.69) is 27.0 Å². The fraction of sp³-hybridized carbons (Fsp3) is 0.333. The molecule has 10 heteroatoms. The van der Waals surface area contributed by atoms with Gasteiger partial charge in [0.05, 0.1) is 26.9 Å². The highest BCUT2D eigenvalue weighted by molar-refractivity contribution is 5.98. The first-order valence-corrected chi connectivity index (χ1v) is 10.8. The molecule has 4 rings (SSSR count). The first-order chi connectivity index (χ1) is 16.6. The van der Waals surface area contributed by atoms with Crippen LogP contribution in [0.1, 0.15) is 21.5 Å². The summed E-state index contributed by atoms with van der Waals surface area (Å²) in [6, 6.07) is 7.70. The van der Waals surface area contributed by atoms with E-state index in [1.165, 1.54) is 0 Å². The summed E-state index contributed by atoms with van der Waals surface area (Å²) in [5.74, 6) is 7.28. The lowest BCUT2D eigenvalue weighted by molar-refractivity contribution is -0.108. The highest BCUT2D eigenvalue weighted by Crippen LogP contribution is 2.26. The number of rotatable bonds is 6. The Morgan fingerprint density at radius 1 is 1.29 bits per heavy atom. The maximum atomic E-state index is 12.9. The largest absolute Gasteiger partial charge is 0.497 e. The Balaban J connectivity index is 1.47. The fourth-order valence-corrected chi connectivity index (χ4v) is 3.83. The maximum absolute atomic E-state index is 12.9. The van der Waals surface area contributed by atoms with Crippen LogP contribution in [0.4, 0.5) is 10.6 Å². The molecule has 2 aliphatic heterocycles. The predicted octanol–water partition coefficient (Wildman–Crippen LogP) is 0.759. The molecule has 1 atom stereocenters. The van der Waals surface area contributed by atoms with E-state index in [0.29, 0.717) is 36.6 Å². The van der Waals surface area contributed by atoms with Gasteiger partial charge in [-0.1, -0.05) is 17.9 Å². The number of fused-ring (bicyclic) bond motifs is 1. The molecule has 0 radical (unpaired) electrons. The molecule has 4 amide bonds. The Hall–Kier alpha value is -4.10. The van der Waals surface area contributed by atoms with Crippen LogP contribution in [0.25, 0.3) is 0 Å². The van der Waals surface area contributed by atoms with Gasteiger partial charge in [-0.15, -0.1) is 0 Å². The van der Waals surface area contributed by atoms with Crippen molar-refractivity contribution in [1.82, 2.24) is 20.5 Å². The molecule has 0 spiro atoms. The van der Waals surface area contributed by atoms with Gasteiger partial charge in [0.2, 0.25) is 6.41 Å². The van der Waals surface area contributed by atoms with Gasteiger partial charge in [-0.25, -0.2) is 9.78 Å². The van der Waals surface area contributed by atoms with Crippen LogP contribution < -0.4 is 20.3 Å². The molecule has 1 saturated heterocycles. The molecule has 0 saturated carbocycles. The van der Waals surface area contributed by atoms with Gasteiger partial charge in [-0.2, -0.15) is 0 Å². The molecule has 0 aliphatic carbocycles. The molecular weight excluding hydrogens is 438 g/mol. The van der Waals surface area contributed by atoms with Gasteiger partial charge in [-0.3, -0.25) is 14.9 Å². The molecule has 1 aromatic heterocycles. The molecule has 3 heterocycles. The number of aromatic nitrogens is 1. The molecule has 1 aromatic carbocycles. The Labute approximate surface area is 197 Å². The zero-order valence-electron chi connectivity index (χ0n) is 18.7. The molecule has 2 aliphatic rings. The Morgan fingerprint density at radius 3 is 2.82 bits per heavy atom. The predicted molar refractivity (Wildman–Crippen MR) is 123 cm³/mol. The molecule has 176 valence electrons. The van der Waals surface area contributed by atoms with Crippen molar-refractivity contribution in [2.24, 2.45) is 0 Å². The van der Waals surface area contributed by atoms with Gasteiger partial charge in [0.1, 0.15) is 17.6 Å². The minimum absolute atomic E-state index is 0.147. The molecule has 2 N–H and O–H groups in total. The number of ether oxygens (including phenoxy) is 2. The number of hydrogen-bond acceptors (Lipinski definition) is 7. The van der Waals surface area contributed by atoms with E-state index in [4.69, 9.17) is 9.47 Å². The summed E-state index contributed by atoms with van der Waals surface area (Å²) in [5.41, 5.74) is 2.10. The number of nitrogens with zero attached hydrogens (tertiary/aromatic N) is 3. The number of methoxy groups -OCH3 is 1. The van der Waals surface area contributed by atoms with Gasteiger partial charge in [0, 0.05) is 37.0 Å². The van der Waals surface area contributed by atoms with Crippen molar-refractivity contribution >= 4 is 24.2 Å². The fourth-order valence-electron chi connectivity index (χ4n) is 3.83. The van der Waals surface area contributed by atoms with Crippen LogP contribution in [0.5, 0.6) is 5.75 Å². The van der Waals surface area contributed by atoms with Crippen LogP contribution in [0, 0.1) is 11.8 Å². The molecule has 10 nitrogen and oxygen atoms in total. The summed E-state index contributed by atoms with van der Waals surface area (Å²) in [6.45, 7) is 3.45. The van der Waals surface area contributed by atoms with Crippen LogP contribution >= 0.6 is 0 Å². The third-order valence-corrected chi connectivity index (χ3v) is 5.57. The number of carbonyl (C=O) groups is 3. The highest BCUT2D eigenvalue weighted by Gasteiger charge is 2.29. The zero-order valence-corrected chi connectivity index (χ0v) is 18.7. The SMILES string of the molecule is COc1ccc2c(c1)C(=O)N(C[C@@H](C#Cc1ccc(N3CCOCC3)nc1)NC(=O)NC=O)C2. The van der Waals surface area contributed by atoms with Crippen LogP contribution in [-0.4, -0.2) is 74.2 Å². The Morgan fingerprint density at radius 2 is 2.12 bits per heavy atom. The van der Waals surface area contributed by atoms with Crippen molar-refractivity contribution in [2.45, 2.75) is 12.6 Å². The van der Waals surface area contributed by atoms with E-state index in [-0.39, 0.29) is 18.9 Å². The van der Waals surface area contributed by atoms with E-state index < -0.39 is 12.1 Å². The van der Waals surface area contributed by atoms with Crippen LogP contribution in [-0.2, 0) is 16.1 Å². The number of hydrogen-bond donors (Lipinski definition) is 2. The van der Waals surface area contributed by atoms with E-state index in [0.717, 1.165) is 24.5 Å². The summed E-state index contributed by atoms with van der Waals surface area (Å²) in [6.07, 6.45) is 1.96. The van der Waals surface area contributed by atoms with Crippen molar-refractivity contribution in [2.75, 3.05) is 44.9 Å². The van der Waals surface area contributed by atoms with E-state index in [1.807, 2.05) is 23.5 Å². The summed E-state index contributed by atoms with van der Waals surface area (Å²) < 4.78 is 10.6. The molecule has 0 unspecified atom stereocenters. The average molecular weight is 463 g/mol. The molecule has 0 bridgehead atoms. The molecule has 34 heavy (non-hydrogen) atoms. The third kappa shape index (κ3) is 5.44. The van der Waals surface area contributed by atoms with Gasteiger partial charge >= 0.3 is 6.03 Å². The van der Waals surface area contributed by atoms with Crippen molar-refractivity contribution in [3.8, 4) is 17.6 Å². The third-order valence-electron chi connectivity index (χ3n) is 5.57. The monoisotopic (exact) mass is 463 g/mol. The van der Waals surface area contributed by atoms with Crippen molar-refractivity contribution in [3.63, 3.8) is 0 Å². The zero-order chi connectivity index (χ0) is 23.9. The lowest BCUT2D eigenvalue weighted by Gasteiger charge is -2.27. The minimum atomic E-state index is -0.709. The smallest absolute Gasteiger partial charge is 0.322 e. The first-order valence-electron chi connectivity index (χ1n) is 10.8. The lowest BCUT2D eigenvalue weighted by Crippen LogP contribution is -2.46.